The second-order valence-corrected chi connectivity index (χ2v) is 6.54. The smallest absolute Gasteiger partial charge is 0.227 e. The summed E-state index contributed by atoms with van der Waals surface area (Å²) in [6.07, 6.45) is 1.81. The fraction of sp³-hybridized carbons (Fsp3) is 0.333. The van der Waals surface area contributed by atoms with Crippen LogP contribution in [0.3, 0.4) is 0 Å². The SMILES string of the molecule is COc1ccc(NC(=O)C2CCN(C(=O)Cc3ccccc3)CC2)cc1. The second kappa shape index (κ2) is 8.52. The Morgan fingerprint density at radius 2 is 1.69 bits per heavy atom. The highest BCUT2D eigenvalue weighted by Crippen LogP contribution is 2.21. The Kier molecular flexibility index (Phi) is 5.89. The van der Waals surface area contributed by atoms with Gasteiger partial charge in [-0.2, -0.15) is 0 Å². The van der Waals surface area contributed by atoms with Gasteiger partial charge in [-0.3, -0.25) is 9.59 Å². The van der Waals surface area contributed by atoms with Crippen molar-refractivity contribution in [1.29, 1.82) is 0 Å². The van der Waals surface area contributed by atoms with E-state index in [2.05, 4.69) is 5.32 Å². The third-order valence-corrected chi connectivity index (χ3v) is 4.77. The number of anilines is 1. The summed E-state index contributed by atoms with van der Waals surface area (Å²) in [5, 5.41) is 2.95. The summed E-state index contributed by atoms with van der Waals surface area (Å²) in [5.74, 6) is 0.849. The van der Waals surface area contributed by atoms with Crippen molar-refractivity contribution in [3.63, 3.8) is 0 Å². The Hall–Kier alpha value is -2.82. The molecule has 2 amide bonds. The van der Waals surface area contributed by atoms with E-state index in [1.807, 2.05) is 59.5 Å². The molecule has 0 unspecified atom stereocenters. The van der Waals surface area contributed by atoms with Crippen molar-refractivity contribution in [2.24, 2.45) is 5.92 Å². The van der Waals surface area contributed by atoms with Gasteiger partial charge < -0.3 is 15.0 Å². The number of rotatable bonds is 5. The number of amides is 2. The van der Waals surface area contributed by atoms with Crippen LogP contribution in [0.2, 0.25) is 0 Å². The standard InChI is InChI=1S/C21H24N2O3/c1-26-19-9-7-18(8-10-19)22-21(25)17-11-13-23(14-12-17)20(24)15-16-5-3-2-4-6-16/h2-10,17H,11-15H2,1H3,(H,22,25). The molecule has 0 aromatic heterocycles. The first-order valence-corrected chi connectivity index (χ1v) is 8.92. The van der Waals surface area contributed by atoms with Crippen LogP contribution >= 0.6 is 0 Å². The lowest BCUT2D eigenvalue weighted by atomic mass is 9.95. The Balaban J connectivity index is 1.48. The number of nitrogens with zero attached hydrogens (tertiary/aromatic N) is 1. The second-order valence-electron chi connectivity index (χ2n) is 6.54. The lowest BCUT2D eigenvalue weighted by molar-refractivity contribution is -0.133. The molecule has 1 N–H and O–H groups in total. The van der Waals surface area contributed by atoms with Gasteiger partial charge in [-0.1, -0.05) is 30.3 Å². The van der Waals surface area contributed by atoms with E-state index in [1.54, 1.807) is 7.11 Å². The van der Waals surface area contributed by atoms with Gasteiger partial charge in [0.25, 0.3) is 0 Å². The van der Waals surface area contributed by atoms with Crippen molar-refractivity contribution in [2.45, 2.75) is 19.3 Å². The number of likely N-dealkylation sites (tertiary alicyclic amines) is 1. The van der Waals surface area contributed by atoms with Crippen LogP contribution in [0.15, 0.2) is 54.6 Å². The molecule has 0 radical (unpaired) electrons. The maximum absolute atomic E-state index is 12.4. The topological polar surface area (TPSA) is 58.6 Å². The van der Waals surface area contributed by atoms with Crippen molar-refractivity contribution >= 4 is 17.5 Å². The van der Waals surface area contributed by atoms with E-state index in [9.17, 15) is 9.59 Å². The number of methoxy groups -OCH3 is 1. The van der Waals surface area contributed by atoms with E-state index >= 15 is 0 Å². The summed E-state index contributed by atoms with van der Waals surface area (Å²) < 4.78 is 5.12. The van der Waals surface area contributed by atoms with Crippen LogP contribution in [-0.4, -0.2) is 36.9 Å². The van der Waals surface area contributed by atoms with E-state index in [1.165, 1.54) is 0 Å². The monoisotopic (exact) mass is 352 g/mol. The number of piperidine rings is 1. The Morgan fingerprint density at radius 1 is 1.04 bits per heavy atom. The number of carbonyl (C=O) groups is 2. The summed E-state index contributed by atoms with van der Waals surface area (Å²) >= 11 is 0. The predicted octanol–water partition coefficient (Wildman–Crippen LogP) is 3.12. The number of carbonyl (C=O) groups excluding carboxylic acids is 2. The molecule has 5 nitrogen and oxygen atoms in total. The maximum atomic E-state index is 12.4. The summed E-state index contributed by atoms with van der Waals surface area (Å²) in [5.41, 5.74) is 1.79. The van der Waals surface area contributed by atoms with Gasteiger partial charge in [-0.05, 0) is 42.7 Å². The number of hydrogen-bond donors (Lipinski definition) is 1. The zero-order chi connectivity index (χ0) is 18.4. The minimum absolute atomic E-state index is 0.0188. The van der Waals surface area contributed by atoms with Crippen molar-refractivity contribution < 1.29 is 14.3 Å². The number of hydrogen-bond acceptors (Lipinski definition) is 3. The molecule has 1 heterocycles. The molecular formula is C21H24N2O3. The zero-order valence-electron chi connectivity index (χ0n) is 15.0. The van der Waals surface area contributed by atoms with Gasteiger partial charge in [0.1, 0.15) is 5.75 Å². The normalized spacial score (nSPS) is 14.7. The molecule has 0 atom stereocenters. The van der Waals surface area contributed by atoms with Crippen LogP contribution in [-0.2, 0) is 16.0 Å². The molecule has 136 valence electrons. The number of benzene rings is 2. The summed E-state index contributed by atoms with van der Waals surface area (Å²) in [6, 6.07) is 17.1. The van der Waals surface area contributed by atoms with Gasteiger partial charge in [0, 0.05) is 24.7 Å². The summed E-state index contributed by atoms with van der Waals surface area (Å²) in [6.45, 7) is 1.26. The lowest BCUT2D eigenvalue weighted by Gasteiger charge is -2.31. The number of ether oxygens (including phenoxy) is 1. The molecular weight excluding hydrogens is 328 g/mol. The van der Waals surface area contributed by atoms with Gasteiger partial charge in [0.05, 0.1) is 13.5 Å². The molecule has 1 aliphatic heterocycles. The summed E-state index contributed by atoms with van der Waals surface area (Å²) in [7, 11) is 1.61. The first kappa shape index (κ1) is 18.0. The van der Waals surface area contributed by atoms with E-state index in [0.717, 1.165) is 17.0 Å². The van der Waals surface area contributed by atoms with E-state index in [0.29, 0.717) is 32.4 Å². The highest BCUT2D eigenvalue weighted by molar-refractivity contribution is 5.92. The highest BCUT2D eigenvalue weighted by Gasteiger charge is 2.27. The average molecular weight is 352 g/mol. The molecule has 1 saturated heterocycles. The molecule has 0 bridgehead atoms. The van der Waals surface area contributed by atoms with Crippen molar-refractivity contribution in [3.05, 3.63) is 60.2 Å². The largest absolute Gasteiger partial charge is 0.497 e. The molecule has 0 saturated carbocycles. The molecule has 3 rings (SSSR count). The maximum Gasteiger partial charge on any atom is 0.227 e. The van der Waals surface area contributed by atoms with Gasteiger partial charge in [0.15, 0.2) is 0 Å². The zero-order valence-corrected chi connectivity index (χ0v) is 15.0. The minimum Gasteiger partial charge on any atom is -0.497 e. The molecule has 0 spiro atoms. The number of nitrogens with one attached hydrogen (secondary N) is 1. The van der Waals surface area contributed by atoms with Gasteiger partial charge >= 0.3 is 0 Å². The lowest BCUT2D eigenvalue weighted by Crippen LogP contribution is -2.42. The van der Waals surface area contributed by atoms with E-state index < -0.39 is 0 Å². The van der Waals surface area contributed by atoms with Gasteiger partial charge in [-0.25, -0.2) is 0 Å². The predicted molar refractivity (Wildman–Crippen MR) is 101 cm³/mol. The summed E-state index contributed by atoms with van der Waals surface area (Å²) in [4.78, 5) is 26.7. The third kappa shape index (κ3) is 4.63. The third-order valence-electron chi connectivity index (χ3n) is 4.77. The molecule has 1 aliphatic rings. The van der Waals surface area contributed by atoms with Crippen molar-refractivity contribution in [1.82, 2.24) is 4.90 Å². The Morgan fingerprint density at radius 3 is 2.31 bits per heavy atom. The highest BCUT2D eigenvalue weighted by atomic mass is 16.5. The quantitative estimate of drug-likeness (QED) is 0.899. The molecule has 26 heavy (non-hydrogen) atoms. The fourth-order valence-corrected chi connectivity index (χ4v) is 3.19. The Labute approximate surface area is 154 Å². The minimum atomic E-state index is -0.0575. The first-order chi connectivity index (χ1) is 12.7. The van der Waals surface area contributed by atoms with Crippen LogP contribution in [0.1, 0.15) is 18.4 Å². The van der Waals surface area contributed by atoms with Crippen molar-refractivity contribution in [2.75, 3.05) is 25.5 Å². The van der Waals surface area contributed by atoms with Gasteiger partial charge in [0.2, 0.25) is 11.8 Å². The van der Waals surface area contributed by atoms with E-state index in [-0.39, 0.29) is 17.7 Å². The van der Waals surface area contributed by atoms with E-state index in [4.69, 9.17) is 4.74 Å². The average Bonchev–Trinajstić information content (AvgIpc) is 2.69. The first-order valence-electron chi connectivity index (χ1n) is 8.92. The van der Waals surface area contributed by atoms with Crippen LogP contribution in [0.25, 0.3) is 0 Å². The van der Waals surface area contributed by atoms with Crippen LogP contribution in [0, 0.1) is 5.92 Å². The Bertz CT molecular complexity index is 736. The van der Waals surface area contributed by atoms with Crippen LogP contribution in [0.5, 0.6) is 5.75 Å². The molecule has 5 heteroatoms. The van der Waals surface area contributed by atoms with Crippen LogP contribution < -0.4 is 10.1 Å². The van der Waals surface area contributed by atoms with Crippen molar-refractivity contribution in [3.8, 4) is 5.75 Å². The van der Waals surface area contributed by atoms with Crippen LogP contribution in [0.4, 0.5) is 5.69 Å². The molecule has 2 aromatic carbocycles. The van der Waals surface area contributed by atoms with Gasteiger partial charge in [-0.15, -0.1) is 0 Å². The molecule has 0 aliphatic carbocycles. The molecule has 1 fully saturated rings. The fourth-order valence-electron chi connectivity index (χ4n) is 3.19. The molecule has 2 aromatic rings.